The fourth-order valence-corrected chi connectivity index (χ4v) is 2.20. The van der Waals surface area contributed by atoms with Gasteiger partial charge >= 0.3 is 0 Å². The predicted octanol–water partition coefficient (Wildman–Crippen LogP) is 2.29. The number of thioether (sulfide) groups is 1. The molecule has 0 saturated carbocycles. The molecule has 1 rings (SSSR count). The van der Waals surface area contributed by atoms with Crippen molar-refractivity contribution in [3.8, 4) is 0 Å². The SMILES string of the molecule is Cc1occc1SCC(O)CNCC(C)C. The number of aliphatic hydroxyl groups is 1. The number of aryl methyl sites for hydroxylation is 1. The lowest BCUT2D eigenvalue weighted by Gasteiger charge is -2.12. The van der Waals surface area contributed by atoms with Crippen LogP contribution >= 0.6 is 11.8 Å². The Morgan fingerprint density at radius 2 is 2.19 bits per heavy atom. The first-order valence-electron chi connectivity index (χ1n) is 5.65. The Morgan fingerprint density at radius 1 is 1.44 bits per heavy atom. The molecule has 0 spiro atoms. The number of rotatable bonds is 7. The molecule has 1 heterocycles. The van der Waals surface area contributed by atoms with Gasteiger partial charge in [-0.15, -0.1) is 11.8 Å². The summed E-state index contributed by atoms with van der Waals surface area (Å²) < 4.78 is 5.19. The first kappa shape index (κ1) is 13.6. The van der Waals surface area contributed by atoms with Crippen LogP contribution < -0.4 is 5.32 Å². The highest BCUT2D eigenvalue weighted by Crippen LogP contribution is 2.23. The third kappa shape index (κ3) is 5.05. The normalized spacial score (nSPS) is 13.3. The molecule has 4 heteroatoms. The molecular weight excluding hydrogens is 222 g/mol. The van der Waals surface area contributed by atoms with Gasteiger partial charge in [-0.05, 0) is 25.5 Å². The summed E-state index contributed by atoms with van der Waals surface area (Å²) in [6.45, 7) is 7.85. The number of hydrogen-bond donors (Lipinski definition) is 2. The number of aliphatic hydroxyl groups excluding tert-OH is 1. The molecule has 1 unspecified atom stereocenters. The van der Waals surface area contributed by atoms with Crippen molar-refractivity contribution in [2.75, 3.05) is 18.8 Å². The lowest BCUT2D eigenvalue weighted by Crippen LogP contribution is -2.30. The van der Waals surface area contributed by atoms with E-state index in [-0.39, 0.29) is 6.10 Å². The molecule has 0 amide bonds. The van der Waals surface area contributed by atoms with Crippen molar-refractivity contribution in [2.24, 2.45) is 5.92 Å². The van der Waals surface area contributed by atoms with E-state index in [9.17, 15) is 5.11 Å². The minimum atomic E-state index is -0.307. The first-order valence-corrected chi connectivity index (χ1v) is 6.63. The molecule has 1 atom stereocenters. The van der Waals surface area contributed by atoms with Crippen LogP contribution in [0.2, 0.25) is 0 Å². The maximum atomic E-state index is 9.74. The van der Waals surface area contributed by atoms with E-state index >= 15 is 0 Å². The van der Waals surface area contributed by atoms with E-state index in [1.807, 2.05) is 13.0 Å². The van der Waals surface area contributed by atoms with Crippen LogP contribution in [0.5, 0.6) is 0 Å². The summed E-state index contributed by atoms with van der Waals surface area (Å²) in [5, 5.41) is 13.0. The molecular formula is C12H21NO2S. The average Bonchev–Trinajstić information content (AvgIpc) is 2.60. The second kappa shape index (κ2) is 6.99. The van der Waals surface area contributed by atoms with Gasteiger partial charge in [-0.25, -0.2) is 0 Å². The summed E-state index contributed by atoms with van der Waals surface area (Å²) in [5.74, 6) is 2.24. The van der Waals surface area contributed by atoms with Gasteiger partial charge in [0, 0.05) is 17.2 Å². The van der Waals surface area contributed by atoms with Gasteiger partial charge < -0.3 is 14.8 Å². The molecule has 1 aromatic rings. The molecule has 1 aromatic heterocycles. The van der Waals surface area contributed by atoms with Gasteiger partial charge in [-0.2, -0.15) is 0 Å². The summed E-state index contributed by atoms with van der Waals surface area (Å²) in [6.07, 6.45) is 1.37. The monoisotopic (exact) mass is 243 g/mol. The van der Waals surface area contributed by atoms with Crippen molar-refractivity contribution in [3.63, 3.8) is 0 Å². The van der Waals surface area contributed by atoms with Gasteiger partial charge in [0.1, 0.15) is 5.76 Å². The predicted molar refractivity (Wildman–Crippen MR) is 67.9 cm³/mol. The molecule has 92 valence electrons. The molecule has 2 N–H and O–H groups in total. The zero-order valence-corrected chi connectivity index (χ0v) is 11.0. The Kier molecular flexibility index (Phi) is 5.95. The zero-order valence-electron chi connectivity index (χ0n) is 10.2. The highest BCUT2D eigenvalue weighted by molar-refractivity contribution is 7.99. The van der Waals surface area contributed by atoms with Crippen molar-refractivity contribution in [3.05, 3.63) is 18.1 Å². The lowest BCUT2D eigenvalue weighted by molar-refractivity contribution is 0.194. The summed E-state index contributed by atoms with van der Waals surface area (Å²) >= 11 is 1.64. The number of nitrogens with one attached hydrogen (secondary N) is 1. The van der Waals surface area contributed by atoms with Crippen molar-refractivity contribution in [2.45, 2.75) is 31.8 Å². The lowest BCUT2D eigenvalue weighted by atomic mass is 10.2. The minimum absolute atomic E-state index is 0.307. The summed E-state index contributed by atoms with van der Waals surface area (Å²) in [6, 6.07) is 1.94. The maximum absolute atomic E-state index is 9.74. The van der Waals surface area contributed by atoms with Crippen LogP contribution in [0.15, 0.2) is 21.6 Å². The third-order valence-corrected chi connectivity index (χ3v) is 3.46. The van der Waals surface area contributed by atoms with E-state index in [1.54, 1.807) is 18.0 Å². The second-order valence-corrected chi connectivity index (χ2v) is 5.42. The van der Waals surface area contributed by atoms with Crippen LogP contribution in [0, 0.1) is 12.8 Å². The van der Waals surface area contributed by atoms with Gasteiger partial charge in [0.15, 0.2) is 0 Å². The van der Waals surface area contributed by atoms with Crippen LogP contribution in [-0.4, -0.2) is 30.1 Å². The van der Waals surface area contributed by atoms with Gasteiger partial charge in [-0.3, -0.25) is 0 Å². The van der Waals surface area contributed by atoms with Crippen LogP contribution in [0.1, 0.15) is 19.6 Å². The van der Waals surface area contributed by atoms with Gasteiger partial charge in [-0.1, -0.05) is 13.8 Å². The molecule has 0 aliphatic heterocycles. The molecule has 16 heavy (non-hydrogen) atoms. The Labute approximate surface area is 102 Å². The maximum Gasteiger partial charge on any atom is 0.114 e. The van der Waals surface area contributed by atoms with Gasteiger partial charge in [0.25, 0.3) is 0 Å². The fourth-order valence-electron chi connectivity index (χ4n) is 1.31. The highest BCUT2D eigenvalue weighted by atomic mass is 32.2. The minimum Gasteiger partial charge on any atom is -0.468 e. The molecule has 0 aliphatic carbocycles. The van der Waals surface area contributed by atoms with E-state index in [0.717, 1.165) is 17.2 Å². The summed E-state index contributed by atoms with van der Waals surface area (Å²) in [5.41, 5.74) is 0. The average molecular weight is 243 g/mol. The van der Waals surface area contributed by atoms with Crippen molar-refractivity contribution >= 4 is 11.8 Å². The van der Waals surface area contributed by atoms with Crippen LogP contribution in [0.3, 0.4) is 0 Å². The van der Waals surface area contributed by atoms with E-state index < -0.39 is 0 Å². The summed E-state index contributed by atoms with van der Waals surface area (Å²) in [4.78, 5) is 1.11. The molecule has 0 saturated heterocycles. The first-order chi connectivity index (χ1) is 7.59. The third-order valence-electron chi connectivity index (χ3n) is 2.17. The van der Waals surface area contributed by atoms with E-state index in [2.05, 4.69) is 19.2 Å². The Morgan fingerprint density at radius 3 is 2.75 bits per heavy atom. The second-order valence-electron chi connectivity index (χ2n) is 4.36. The molecule has 0 fully saturated rings. The molecule has 0 bridgehead atoms. The largest absolute Gasteiger partial charge is 0.468 e. The van der Waals surface area contributed by atoms with Gasteiger partial charge in [0.05, 0.1) is 12.4 Å². The highest BCUT2D eigenvalue weighted by Gasteiger charge is 2.07. The number of hydrogen-bond acceptors (Lipinski definition) is 4. The summed E-state index contributed by atoms with van der Waals surface area (Å²) in [7, 11) is 0. The van der Waals surface area contributed by atoms with Crippen molar-refractivity contribution in [1.29, 1.82) is 0 Å². The molecule has 0 aliphatic rings. The molecule has 3 nitrogen and oxygen atoms in total. The number of furan rings is 1. The van der Waals surface area contributed by atoms with E-state index in [0.29, 0.717) is 18.2 Å². The van der Waals surface area contributed by atoms with E-state index in [1.165, 1.54) is 0 Å². The van der Waals surface area contributed by atoms with Crippen LogP contribution in [-0.2, 0) is 0 Å². The standard InChI is InChI=1S/C12H21NO2S/c1-9(2)6-13-7-11(14)8-16-12-4-5-15-10(12)3/h4-5,9,11,13-14H,6-8H2,1-3H3. The van der Waals surface area contributed by atoms with Crippen LogP contribution in [0.4, 0.5) is 0 Å². The topological polar surface area (TPSA) is 45.4 Å². The Bertz CT molecular complexity index is 299. The zero-order chi connectivity index (χ0) is 12.0. The molecule has 0 aromatic carbocycles. The fraction of sp³-hybridized carbons (Fsp3) is 0.667. The van der Waals surface area contributed by atoms with Crippen molar-refractivity contribution in [1.82, 2.24) is 5.32 Å². The smallest absolute Gasteiger partial charge is 0.114 e. The molecule has 0 radical (unpaired) electrons. The Hall–Kier alpha value is -0.450. The van der Waals surface area contributed by atoms with Gasteiger partial charge in [0.2, 0.25) is 0 Å². The quantitative estimate of drug-likeness (QED) is 0.721. The van der Waals surface area contributed by atoms with Crippen LogP contribution in [0.25, 0.3) is 0 Å². The Balaban J connectivity index is 2.15. The van der Waals surface area contributed by atoms with Crippen molar-refractivity contribution < 1.29 is 9.52 Å². The van der Waals surface area contributed by atoms with E-state index in [4.69, 9.17) is 4.42 Å².